The quantitative estimate of drug-likeness (QED) is 0.370. The molecule has 196 valence electrons. The van der Waals surface area contributed by atoms with E-state index >= 15 is 0 Å². The van der Waals surface area contributed by atoms with E-state index in [1.165, 1.54) is 14.2 Å². The van der Waals surface area contributed by atoms with Crippen LogP contribution in [0.1, 0.15) is 54.0 Å². The average Bonchev–Trinajstić information content (AvgIpc) is 3.11. The fraction of sp³-hybridized carbons (Fsp3) is 0.481. The lowest BCUT2D eigenvalue weighted by molar-refractivity contribution is -0.125. The minimum atomic E-state index is -4.21. The first-order valence-corrected chi connectivity index (χ1v) is 13.4. The van der Waals surface area contributed by atoms with Crippen LogP contribution in [0.2, 0.25) is 0 Å². The molecule has 0 saturated carbocycles. The number of sulfonamides is 1. The molecule has 8 nitrogen and oxygen atoms in total. The first kappa shape index (κ1) is 28.0. The molecule has 1 atom stereocenters. The van der Waals surface area contributed by atoms with Crippen LogP contribution in [0, 0.1) is 27.7 Å². The fourth-order valence-corrected chi connectivity index (χ4v) is 6.74. The molecule has 1 fully saturated rings. The van der Waals surface area contributed by atoms with Gasteiger partial charge in [-0.05, 0) is 73.6 Å². The molecule has 1 heterocycles. The summed E-state index contributed by atoms with van der Waals surface area (Å²) in [6.45, 7) is 11.1. The van der Waals surface area contributed by atoms with Crippen LogP contribution >= 0.6 is 0 Å². The molecule has 0 aromatic heterocycles. The Labute approximate surface area is 214 Å². The van der Waals surface area contributed by atoms with Crippen LogP contribution in [0.4, 0.5) is 5.69 Å². The van der Waals surface area contributed by atoms with Crippen molar-refractivity contribution in [1.29, 1.82) is 0 Å². The normalized spacial score (nSPS) is 16.8. The Bertz CT molecular complexity index is 1220. The van der Waals surface area contributed by atoms with E-state index in [-0.39, 0.29) is 17.9 Å². The van der Waals surface area contributed by atoms with Gasteiger partial charge in [0.05, 0.1) is 23.5 Å². The van der Waals surface area contributed by atoms with E-state index in [9.17, 15) is 18.0 Å². The molecule has 2 aromatic carbocycles. The Morgan fingerprint density at radius 3 is 1.97 bits per heavy atom. The van der Waals surface area contributed by atoms with Gasteiger partial charge in [-0.1, -0.05) is 32.0 Å². The molecule has 0 spiro atoms. The molecule has 1 saturated heterocycles. The van der Waals surface area contributed by atoms with Crippen LogP contribution in [-0.2, 0) is 29.1 Å². The molecule has 36 heavy (non-hydrogen) atoms. The van der Waals surface area contributed by atoms with E-state index in [0.29, 0.717) is 22.7 Å². The summed E-state index contributed by atoms with van der Waals surface area (Å²) >= 11 is 0. The molecular weight excluding hydrogens is 480 g/mol. The highest BCUT2D eigenvalue weighted by Gasteiger charge is 2.48. The Morgan fingerprint density at radius 1 is 0.972 bits per heavy atom. The molecule has 0 radical (unpaired) electrons. The monoisotopic (exact) mass is 516 g/mol. The maximum Gasteiger partial charge on any atom is 0.252 e. The average molecular weight is 517 g/mol. The predicted molar refractivity (Wildman–Crippen MR) is 139 cm³/mol. The van der Waals surface area contributed by atoms with Gasteiger partial charge in [0.1, 0.15) is 6.04 Å². The lowest BCUT2D eigenvalue weighted by Gasteiger charge is -2.31. The van der Waals surface area contributed by atoms with E-state index in [4.69, 9.17) is 9.47 Å². The zero-order chi connectivity index (χ0) is 26.9. The van der Waals surface area contributed by atoms with Gasteiger partial charge >= 0.3 is 0 Å². The SMILES string of the molecule is COC(CN(C1CC(=O)N(c2ccc(C(C)C)cc2)C1=O)S(=O)(=O)c1c(C)c(C)cc(C)c1C)OC. The smallest absolute Gasteiger partial charge is 0.252 e. The number of benzene rings is 2. The third-order valence-electron chi connectivity index (χ3n) is 7.01. The van der Waals surface area contributed by atoms with E-state index in [2.05, 4.69) is 13.8 Å². The Balaban J connectivity index is 2.10. The molecule has 1 aliphatic heterocycles. The number of anilines is 1. The van der Waals surface area contributed by atoms with Gasteiger partial charge in [-0.15, -0.1) is 0 Å². The summed E-state index contributed by atoms with van der Waals surface area (Å²) in [4.78, 5) is 27.9. The summed E-state index contributed by atoms with van der Waals surface area (Å²) < 4.78 is 40.0. The molecule has 0 N–H and O–H groups in total. The Morgan fingerprint density at radius 2 is 1.50 bits per heavy atom. The molecule has 0 aliphatic carbocycles. The zero-order valence-electron chi connectivity index (χ0n) is 22.3. The number of hydrogen-bond donors (Lipinski definition) is 0. The lowest BCUT2D eigenvalue weighted by atomic mass is 10.0. The van der Waals surface area contributed by atoms with Crippen LogP contribution in [0.3, 0.4) is 0 Å². The van der Waals surface area contributed by atoms with Crippen molar-refractivity contribution in [3.63, 3.8) is 0 Å². The van der Waals surface area contributed by atoms with Crippen molar-refractivity contribution in [2.75, 3.05) is 25.7 Å². The number of rotatable bonds is 9. The summed E-state index contributed by atoms with van der Waals surface area (Å²) in [6.07, 6.45) is -1.19. The third kappa shape index (κ3) is 5.11. The number of carbonyl (C=O) groups excluding carboxylic acids is 2. The maximum absolute atomic E-state index is 14.2. The van der Waals surface area contributed by atoms with Gasteiger partial charge in [0, 0.05) is 14.2 Å². The van der Waals surface area contributed by atoms with Crippen LogP contribution in [-0.4, -0.2) is 57.6 Å². The molecule has 2 amide bonds. The Kier molecular flexibility index (Phi) is 8.40. The number of imide groups is 1. The largest absolute Gasteiger partial charge is 0.354 e. The summed E-state index contributed by atoms with van der Waals surface area (Å²) in [5.41, 5.74) is 4.35. The van der Waals surface area contributed by atoms with E-state index in [1.54, 1.807) is 26.0 Å². The predicted octanol–water partition coefficient (Wildman–Crippen LogP) is 3.99. The van der Waals surface area contributed by atoms with E-state index in [0.717, 1.165) is 25.9 Å². The van der Waals surface area contributed by atoms with Gasteiger partial charge in [0.25, 0.3) is 5.91 Å². The van der Waals surface area contributed by atoms with E-state index < -0.39 is 34.2 Å². The second-order valence-corrected chi connectivity index (χ2v) is 11.4. The minimum absolute atomic E-state index is 0.144. The molecule has 3 rings (SSSR count). The molecule has 1 aliphatic rings. The number of carbonyl (C=O) groups is 2. The number of ether oxygens (including phenoxy) is 2. The van der Waals surface area contributed by atoms with Crippen LogP contribution in [0.15, 0.2) is 35.2 Å². The third-order valence-corrected chi connectivity index (χ3v) is 9.16. The van der Waals surface area contributed by atoms with Crippen molar-refractivity contribution < 1.29 is 27.5 Å². The summed E-state index contributed by atoms with van der Waals surface area (Å²) in [7, 11) is -1.41. The second-order valence-electron chi connectivity index (χ2n) is 9.60. The summed E-state index contributed by atoms with van der Waals surface area (Å²) in [5, 5.41) is 0. The first-order valence-electron chi connectivity index (χ1n) is 12.0. The van der Waals surface area contributed by atoms with Crippen molar-refractivity contribution in [3.05, 3.63) is 58.1 Å². The number of aryl methyl sites for hydroxylation is 2. The highest BCUT2D eigenvalue weighted by Crippen LogP contribution is 2.34. The van der Waals surface area contributed by atoms with E-state index in [1.807, 2.05) is 32.0 Å². The molecule has 9 heteroatoms. The molecular formula is C27H36N2O6S. The molecule has 1 unspecified atom stereocenters. The van der Waals surface area contributed by atoms with Gasteiger partial charge in [-0.3, -0.25) is 9.59 Å². The second kappa shape index (κ2) is 10.8. The number of amides is 2. The van der Waals surface area contributed by atoms with Crippen LogP contribution in [0.25, 0.3) is 0 Å². The van der Waals surface area contributed by atoms with Crippen molar-refractivity contribution in [2.24, 2.45) is 0 Å². The Hall–Kier alpha value is -2.59. The highest BCUT2D eigenvalue weighted by atomic mass is 32.2. The number of nitrogens with zero attached hydrogens (tertiary/aromatic N) is 2. The first-order chi connectivity index (χ1) is 16.8. The van der Waals surface area contributed by atoms with Gasteiger partial charge in [-0.2, -0.15) is 4.31 Å². The topological polar surface area (TPSA) is 93.2 Å². The van der Waals surface area contributed by atoms with Crippen LogP contribution < -0.4 is 4.90 Å². The number of methoxy groups -OCH3 is 2. The molecule has 0 bridgehead atoms. The summed E-state index contributed by atoms with van der Waals surface area (Å²) in [5.74, 6) is -0.754. The zero-order valence-corrected chi connectivity index (χ0v) is 23.1. The molecule has 2 aromatic rings. The number of hydrogen-bond acceptors (Lipinski definition) is 6. The van der Waals surface area contributed by atoms with Crippen LogP contribution in [0.5, 0.6) is 0 Å². The maximum atomic E-state index is 14.2. The van der Waals surface area contributed by atoms with Crippen molar-refractivity contribution in [3.8, 4) is 0 Å². The minimum Gasteiger partial charge on any atom is -0.354 e. The fourth-order valence-electron chi connectivity index (χ4n) is 4.59. The standard InChI is InChI=1S/C27H36N2O6S/c1-16(2)21-9-11-22(12-10-21)29-24(30)14-23(27(29)31)28(15-25(34-7)35-8)36(32,33)26-19(5)17(3)13-18(4)20(26)6/h9-13,16,23,25H,14-15H2,1-8H3. The van der Waals surface area contributed by atoms with Crippen molar-refractivity contribution in [1.82, 2.24) is 4.31 Å². The van der Waals surface area contributed by atoms with Gasteiger partial charge in [0.15, 0.2) is 6.29 Å². The van der Waals surface area contributed by atoms with Crippen molar-refractivity contribution in [2.45, 2.75) is 71.1 Å². The van der Waals surface area contributed by atoms with Crippen molar-refractivity contribution >= 4 is 27.5 Å². The van der Waals surface area contributed by atoms with Gasteiger partial charge in [0.2, 0.25) is 15.9 Å². The van der Waals surface area contributed by atoms with Gasteiger partial charge in [-0.25, -0.2) is 13.3 Å². The summed E-state index contributed by atoms with van der Waals surface area (Å²) in [6, 6.07) is 7.90. The lowest BCUT2D eigenvalue weighted by Crippen LogP contribution is -2.49. The van der Waals surface area contributed by atoms with Gasteiger partial charge < -0.3 is 9.47 Å². The highest BCUT2D eigenvalue weighted by molar-refractivity contribution is 7.89.